The first kappa shape index (κ1) is 18.4. The third kappa shape index (κ3) is 6.32. The number of rotatable bonds is 9. The zero-order valence-corrected chi connectivity index (χ0v) is 13.8. The van der Waals surface area contributed by atoms with E-state index in [0.29, 0.717) is 25.6 Å². The lowest BCUT2D eigenvalue weighted by atomic mass is 9.74. The lowest BCUT2D eigenvalue weighted by Gasteiger charge is -2.40. The molecule has 1 amide bonds. The van der Waals surface area contributed by atoms with Crippen molar-refractivity contribution in [1.82, 2.24) is 5.32 Å². The number of hydrogen-bond donors (Lipinski definition) is 2. The smallest absolute Gasteiger partial charge is 0.246 e. The first-order valence-electron chi connectivity index (χ1n) is 8.12. The van der Waals surface area contributed by atoms with E-state index >= 15 is 0 Å². The molecule has 0 atom stereocenters. The first-order valence-corrected chi connectivity index (χ1v) is 8.12. The molecule has 1 aliphatic rings. The Hall–Kier alpha value is -0.650. The van der Waals surface area contributed by atoms with E-state index in [2.05, 4.69) is 19.2 Å². The molecule has 3 N–H and O–H groups in total. The highest BCUT2D eigenvalue weighted by atomic mass is 16.5. The van der Waals surface area contributed by atoms with Gasteiger partial charge in [0.1, 0.15) is 6.61 Å². The third-order valence-corrected chi connectivity index (χ3v) is 4.61. The summed E-state index contributed by atoms with van der Waals surface area (Å²) in [6.45, 7) is 6.43. The van der Waals surface area contributed by atoms with Gasteiger partial charge in [-0.25, -0.2) is 0 Å². The molecule has 1 rings (SSSR count). The molecule has 5 heteroatoms. The van der Waals surface area contributed by atoms with Crippen LogP contribution in [0.25, 0.3) is 0 Å². The van der Waals surface area contributed by atoms with E-state index in [1.165, 1.54) is 0 Å². The van der Waals surface area contributed by atoms with Crippen LogP contribution < -0.4 is 11.1 Å². The predicted molar refractivity (Wildman–Crippen MR) is 84.0 cm³/mol. The van der Waals surface area contributed by atoms with E-state index in [-0.39, 0.29) is 18.1 Å². The zero-order valence-electron chi connectivity index (χ0n) is 13.8. The quantitative estimate of drug-likeness (QED) is 0.636. The SMILES string of the molecule is COCCCNC(=O)COC1(CN)CCC(C(C)C)CC1. The molecule has 0 unspecified atom stereocenters. The lowest BCUT2D eigenvalue weighted by Crippen LogP contribution is -2.46. The van der Waals surface area contributed by atoms with Gasteiger partial charge in [0, 0.05) is 26.8 Å². The molecular weight excluding hydrogens is 268 g/mol. The molecule has 0 aliphatic heterocycles. The normalized spacial score (nSPS) is 26.0. The highest BCUT2D eigenvalue weighted by Crippen LogP contribution is 2.37. The van der Waals surface area contributed by atoms with Gasteiger partial charge in [-0.2, -0.15) is 0 Å². The second kappa shape index (κ2) is 9.38. The number of amides is 1. The number of ether oxygens (including phenoxy) is 2. The van der Waals surface area contributed by atoms with Crippen molar-refractivity contribution in [3.63, 3.8) is 0 Å². The molecule has 1 aliphatic carbocycles. The van der Waals surface area contributed by atoms with Gasteiger partial charge in [0.25, 0.3) is 0 Å². The average molecular weight is 300 g/mol. The van der Waals surface area contributed by atoms with Gasteiger partial charge in [0.2, 0.25) is 5.91 Å². The van der Waals surface area contributed by atoms with Gasteiger partial charge < -0.3 is 20.5 Å². The van der Waals surface area contributed by atoms with Gasteiger partial charge in [-0.05, 0) is 43.9 Å². The van der Waals surface area contributed by atoms with Crippen molar-refractivity contribution in [2.75, 3.05) is 33.4 Å². The average Bonchev–Trinajstić information content (AvgIpc) is 2.50. The molecule has 0 bridgehead atoms. The monoisotopic (exact) mass is 300 g/mol. The van der Waals surface area contributed by atoms with Crippen molar-refractivity contribution in [2.45, 2.75) is 51.6 Å². The Labute approximate surface area is 128 Å². The summed E-state index contributed by atoms with van der Waals surface area (Å²) in [7, 11) is 1.66. The van der Waals surface area contributed by atoms with Gasteiger partial charge >= 0.3 is 0 Å². The van der Waals surface area contributed by atoms with Crippen LogP contribution in [-0.2, 0) is 14.3 Å². The minimum absolute atomic E-state index is 0.0649. The summed E-state index contributed by atoms with van der Waals surface area (Å²) in [5.41, 5.74) is 5.62. The van der Waals surface area contributed by atoms with Crippen molar-refractivity contribution >= 4 is 5.91 Å². The highest BCUT2D eigenvalue weighted by molar-refractivity contribution is 5.77. The molecule has 1 saturated carbocycles. The van der Waals surface area contributed by atoms with Gasteiger partial charge in [-0.15, -0.1) is 0 Å². The van der Waals surface area contributed by atoms with Crippen LogP contribution in [0.1, 0.15) is 46.0 Å². The van der Waals surface area contributed by atoms with Crippen LogP contribution in [0.4, 0.5) is 0 Å². The number of carbonyl (C=O) groups is 1. The molecule has 0 aromatic rings. The molecule has 5 nitrogen and oxygen atoms in total. The Morgan fingerprint density at radius 2 is 2.05 bits per heavy atom. The maximum atomic E-state index is 11.8. The van der Waals surface area contributed by atoms with Crippen LogP contribution >= 0.6 is 0 Å². The third-order valence-electron chi connectivity index (χ3n) is 4.61. The molecule has 0 radical (unpaired) electrons. The largest absolute Gasteiger partial charge is 0.385 e. The van der Waals surface area contributed by atoms with Crippen molar-refractivity contribution in [1.29, 1.82) is 0 Å². The number of carbonyl (C=O) groups excluding carboxylic acids is 1. The zero-order chi connectivity index (χ0) is 15.7. The van der Waals surface area contributed by atoms with Gasteiger partial charge in [0.05, 0.1) is 5.60 Å². The minimum atomic E-state index is -0.296. The Morgan fingerprint density at radius 1 is 1.38 bits per heavy atom. The number of nitrogens with one attached hydrogen (secondary N) is 1. The summed E-state index contributed by atoms with van der Waals surface area (Å²) in [6.07, 6.45) is 5.03. The van der Waals surface area contributed by atoms with Gasteiger partial charge in [-0.1, -0.05) is 13.8 Å². The van der Waals surface area contributed by atoms with Crippen molar-refractivity contribution in [3.05, 3.63) is 0 Å². The van der Waals surface area contributed by atoms with Crippen molar-refractivity contribution in [2.24, 2.45) is 17.6 Å². The minimum Gasteiger partial charge on any atom is -0.385 e. The Balaban J connectivity index is 2.29. The molecule has 0 spiro atoms. The summed E-state index contributed by atoms with van der Waals surface area (Å²) in [5, 5.41) is 2.84. The van der Waals surface area contributed by atoms with Crippen molar-refractivity contribution < 1.29 is 14.3 Å². The van der Waals surface area contributed by atoms with E-state index in [9.17, 15) is 4.79 Å². The first-order chi connectivity index (χ1) is 10.0. The van der Waals surface area contributed by atoms with Crippen molar-refractivity contribution in [3.8, 4) is 0 Å². The predicted octanol–water partition coefficient (Wildman–Crippen LogP) is 1.70. The van der Waals surface area contributed by atoms with Crippen LogP contribution in [0.3, 0.4) is 0 Å². The Bertz CT molecular complexity index is 300. The topological polar surface area (TPSA) is 73.6 Å². The molecule has 124 valence electrons. The maximum Gasteiger partial charge on any atom is 0.246 e. The maximum absolute atomic E-state index is 11.8. The van der Waals surface area contributed by atoms with Crippen LogP contribution in [0.5, 0.6) is 0 Å². The molecule has 0 aromatic carbocycles. The Kier molecular flexibility index (Phi) is 8.22. The van der Waals surface area contributed by atoms with E-state index in [4.69, 9.17) is 15.2 Å². The fraction of sp³-hybridized carbons (Fsp3) is 0.938. The van der Waals surface area contributed by atoms with Crippen LogP contribution in [0, 0.1) is 11.8 Å². The fourth-order valence-electron chi connectivity index (χ4n) is 2.95. The van der Waals surface area contributed by atoms with E-state index in [1.54, 1.807) is 7.11 Å². The second-order valence-electron chi connectivity index (χ2n) is 6.45. The Morgan fingerprint density at radius 3 is 2.57 bits per heavy atom. The summed E-state index contributed by atoms with van der Waals surface area (Å²) < 4.78 is 10.8. The standard InChI is InChI=1S/C16H32N2O3/c1-13(2)14-5-7-16(12-17,8-6-14)21-11-15(19)18-9-4-10-20-3/h13-14H,4-12,17H2,1-3H3,(H,18,19). The number of nitrogens with two attached hydrogens (primary N) is 1. The van der Waals surface area contributed by atoms with E-state index in [1.807, 2.05) is 0 Å². The van der Waals surface area contributed by atoms with Gasteiger partial charge in [0.15, 0.2) is 0 Å². The molecule has 1 fully saturated rings. The summed E-state index contributed by atoms with van der Waals surface area (Å²) in [6, 6.07) is 0. The molecule has 21 heavy (non-hydrogen) atoms. The van der Waals surface area contributed by atoms with Gasteiger partial charge in [-0.3, -0.25) is 4.79 Å². The molecule has 0 aromatic heterocycles. The second-order valence-corrected chi connectivity index (χ2v) is 6.45. The summed E-state index contributed by atoms with van der Waals surface area (Å²) in [4.78, 5) is 11.8. The van der Waals surface area contributed by atoms with Crippen LogP contribution in [0.2, 0.25) is 0 Å². The highest BCUT2D eigenvalue weighted by Gasteiger charge is 2.36. The van der Waals surface area contributed by atoms with E-state index in [0.717, 1.165) is 38.0 Å². The number of hydrogen-bond acceptors (Lipinski definition) is 4. The summed E-state index contributed by atoms with van der Waals surface area (Å²) >= 11 is 0. The van der Waals surface area contributed by atoms with Crippen LogP contribution in [-0.4, -0.2) is 44.9 Å². The molecule has 0 saturated heterocycles. The summed E-state index contributed by atoms with van der Waals surface area (Å²) in [5.74, 6) is 1.41. The molecular formula is C16H32N2O3. The molecule has 0 heterocycles. The number of methoxy groups -OCH3 is 1. The lowest BCUT2D eigenvalue weighted by molar-refractivity contribution is -0.136. The fourth-order valence-corrected chi connectivity index (χ4v) is 2.95. The van der Waals surface area contributed by atoms with E-state index < -0.39 is 0 Å². The van der Waals surface area contributed by atoms with Crippen LogP contribution in [0.15, 0.2) is 0 Å².